The van der Waals surface area contributed by atoms with Gasteiger partial charge in [-0.05, 0) is 29.8 Å². The van der Waals surface area contributed by atoms with Gasteiger partial charge in [-0.15, -0.1) is 0 Å². The van der Waals surface area contributed by atoms with Crippen molar-refractivity contribution >= 4 is 17.4 Å². The Labute approximate surface area is 102 Å². The molecule has 0 unspecified atom stereocenters. The maximum absolute atomic E-state index is 12.9. The molecular formula is C12H9ClF2N2. The summed E-state index contributed by atoms with van der Waals surface area (Å²) in [6, 6.07) is 7.14. The van der Waals surface area contributed by atoms with Crippen LogP contribution in [0.1, 0.15) is 5.56 Å². The van der Waals surface area contributed by atoms with Gasteiger partial charge in [-0.3, -0.25) is 0 Å². The van der Waals surface area contributed by atoms with E-state index in [1.54, 1.807) is 18.3 Å². The number of pyridine rings is 1. The minimum absolute atomic E-state index is 0.327. The van der Waals surface area contributed by atoms with Gasteiger partial charge in [0.05, 0.1) is 5.02 Å². The number of halogens is 3. The molecule has 0 saturated heterocycles. The van der Waals surface area contributed by atoms with Crippen LogP contribution >= 0.6 is 11.6 Å². The van der Waals surface area contributed by atoms with Gasteiger partial charge in [0.15, 0.2) is 11.6 Å². The largest absolute Gasteiger partial charge is 0.365 e. The van der Waals surface area contributed by atoms with E-state index in [1.807, 2.05) is 0 Å². The van der Waals surface area contributed by atoms with Crippen LogP contribution in [0, 0.1) is 11.6 Å². The van der Waals surface area contributed by atoms with Crippen LogP contribution in [0.5, 0.6) is 0 Å². The first-order valence-electron chi connectivity index (χ1n) is 4.95. The SMILES string of the molecule is Fc1ccc(CNc2ncccc2Cl)cc1F. The molecule has 0 aliphatic rings. The highest BCUT2D eigenvalue weighted by atomic mass is 35.5. The van der Waals surface area contributed by atoms with Crippen molar-refractivity contribution in [3.05, 3.63) is 58.7 Å². The van der Waals surface area contributed by atoms with Crippen LogP contribution in [0.15, 0.2) is 36.5 Å². The molecule has 0 radical (unpaired) electrons. The number of hydrogen-bond acceptors (Lipinski definition) is 2. The Hall–Kier alpha value is -1.68. The highest BCUT2D eigenvalue weighted by molar-refractivity contribution is 6.32. The van der Waals surface area contributed by atoms with E-state index in [2.05, 4.69) is 10.3 Å². The molecule has 0 atom stereocenters. The minimum Gasteiger partial charge on any atom is -0.365 e. The van der Waals surface area contributed by atoms with Gasteiger partial charge in [0.25, 0.3) is 0 Å². The topological polar surface area (TPSA) is 24.9 Å². The molecule has 0 saturated carbocycles. The Morgan fingerprint density at radius 3 is 2.71 bits per heavy atom. The second kappa shape index (κ2) is 5.10. The lowest BCUT2D eigenvalue weighted by atomic mass is 10.2. The molecular weight excluding hydrogens is 246 g/mol. The molecule has 0 aliphatic heterocycles. The zero-order valence-corrected chi connectivity index (χ0v) is 9.51. The summed E-state index contributed by atoms with van der Waals surface area (Å²) in [6.07, 6.45) is 1.60. The predicted molar refractivity (Wildman–Crippen MR) is 62.9 cm³/mol. The average Bonchev–Trinajstić information content (AvgIpc) is 2.32. The quantitative estimate of drug-likeness (QED) is 0.905. The summed E-state index contributed by atoms with van der Waals surface area (Å²) >= 11 is 5.89. The molecule has 1 heterocycles. The number of nitrogens with zero attached hydrogens (tertiary/aromatic N) is 1. The van der Waals surface area contributed by atoms with Crippen molar-refractivity contribution in [3.8, 4) is 0 Å². The number of benzene rings is 1. The van der Waals surface area contributed by atoms with Gasteiger partial charge in [0.2, 0.25) is 0 Å². The lowest BCUT2D eigenvalue weighted by molar-refractivity contribution is 0.507. The molecule has 88 valence electrons. The Bertz CT molecular complexity index is 532. The predicted octanol–water partition coefficient (Wildman–Crippen LogP) is 3.63. The third-order valence-electron chi connectivity index (χ3n) is 2.20. The summed E-state index contributed by atoms with van der Waals surface area (Å²) in [6.45, 7) is 0.327. The molecule has 5 heteroatoms. The van der Waals surface area contributed by atoms with E-state index in [4.69, 9.17) is 11.6 Å². The van der Waals surface area contributed by atoms with Crippen LogP contribution in [0.25, 0.3) is 0 Å². The zero-order chi connectivity index (χ0) is 12.3. The third kappa shape index (κ3) is 2.91. The first kappa shape index (κ1) is 11.8. The van der Waals surface area contributed by atoms with Crippen LogP contribution < -0.4 is 5.32 Å². The molecule has 1 N–H and O–H groups in total. The van der Waals surface area contributed by atoms with Gasteiger partial charge < -0.3 is 5.32 Å². The van der Waals surface area contributed by atoms with Gasteiger partial charge in [0, 0.05) is 12.7 Å². The fraction of sp³-hybridized carbons (Fsp3) is 0.0833. The Morgan fingerprint density at radius 2 is 2.00 bits per heavy atom. The summed E-state index contributed by atoms with van der Waals surface area (Å²) in [4.78, 5) is 4.02. The molecule has 0 amide bonds. The second-order valence-electron chi connectivity index (χ2n) is 3.44. The van der Waals surface area contributed by atoms with Gasteiger partial charge in [-0.2, -0.15) is 0 Å². The molecule has 0 fully saturated rings. The molecule has 1 aromatic heterocycles. The second-order valence-corrected chi connectivity index (χ2v) is 3.84. The summed E-state index contributed by atoms with van der Waals surface area (Å²) in [5, 5.41) is 3.43. The monoisotopic (exact) mass is 254 g/mol. The molecule has 2 rings (SSSR count). The van der Waals surface area contributed by atoms with Crippen LogP contribution in [0.3, 0.4) is 0 Å². The normalized spacial score (nSPS) is 10.3. The van der Waals surface area contributed by atoms with E-state index in [9.17, 15) is 8.78 Å². The molecule has 17 heavy (non-hydrogen) atoms. The highest BCUT2D eigenvalue weighted by Gasteiger charge is 2.04. The maximum atomic E-state index is 12.9. The van der Waals surface area contributed by atoms with Crippen LogP contribution in [-0.2, 0) is 6.54 Å². The molecule has 1 aromatic carbocycles. The number of nitrogens with one attached hydrogen (secondary N) is 1. The van der Waals surface area contributed by atoms with Crippen molar-refractivity contribution < 1.29 is 8.78 Å². The minimum atomic E-state index is -0.864. The Balaban J connectivity index is 2.08. The van der Waals surface area contributed by atoms with Gasteiger partial charge in [0.1, 0.15) is 5.82 Å². The Morgan fingerprint density at radius 1 is 1.18 bits per heavy atom. The molecule has 2 aromatic rings. The van der Waals surface area contributed by atoms with Crippen molar-refractivity contribution in [2.24, 2.45) is 0 Å². The molecule has 0 aliphatic carbocycles. The van der Waals surface area contributed by atoms with Gasteiger partial charge in [-0.1, -0.05) is 17.7 Å². The molecule has 0 bridgehead atoms. The fourth-order valence-electron chi connectivity index (χ4n) is 1.35. The average molecular weight is 255 g/mol. The summed E-state index contributed by atoms with van der Waals surface area (Å²) in [7, 11) is 0. The summed E-state index contributed by atoms with van der Waals surface area (Å²) < 4.78 is 25.6. The molecule has 0 spiro atoms. The van der Waals surface area contributed by atoms with Crippen molar-refractivity contribution in [1.82, 2.24) is 4.98 Å². The standard InChI is InChI=1S/C12H9ClF2N2/c13-9-2-1-5-16-12(9)17-7-8-3-4-10(14)11(15)6-8/h1-6H,7H2,(H,16,17). The number of aromatic nitrogens is 1. The first-order valence-corrected chi connectivity index (χ1v) is 5.33. The molecule has 2 nitrogen and oxygen atoms in total. The van der Waals surface area contributed by atoms with E-state index in [-0.39, 0.29) is 0 Å². The lowest BCUT2D eigenvalue weighted by Crippen LogP contribution is -2.02. The smallest absolute Gasteiger partial charge is 0.159 e. The van der Waals surface area contributed by atoms with E-state index in [1.165, 1.54) is 6.07 Å². The van der Waals surface area contributed by atoms with Crippen molar-refractivity contribution in [2.45, 2.75) is 6.54 Å². The van der Waals surface area contributed by atoms with E-state index < -0.39 is 11.6 Å². The highest BCUT2D eigenvalue weighted by Crippen LogP contribution is 2.18. The van der Waals surface area contributed by atoms with Crippen molar-refractivity contribution in [1.29, 1.82) is 0 Å². The van der Waals surface area contributed by atoms with Crippen molar-refractivity contribution in [3.63, 3.8) is 0 Å². The van der Waals surface area contributed by atoms with E-state index >= 15 is 0 Å². The Kier molecular flexibility index (Phi) is 3.54. The van der Waals surface area contributed by atoms with Crippen LogP contribution in [-0.4, -0.2) is 4.98 Å². The van der Waals surface area contributed by atoms with Gasteiger partial charge >= 0.3 is 0 Å². The van der Waals surface area contributed by atoms with E-state index in [0.717, 1.165) is 12.1 Å². The van der Waals surface area contributed by atoms with Gasteiger partial charge in [-0.25, -0.2) is 13.8 Å². The number of anilines is 1. The fourth-order valence-corrected chi connectivity index (χ4v) is 1.54. The van der Waals surface area contributed by atoms with Crippen molar-refractivity contribution in [2.75, 3.05) is 5.32 Å². The van der Waals surface area contributed by atoms with Crippen LogP contribution in [0.4, 0.5) is 14.6 Å². The summed E-state index contributed by atoms with van der Waals surface area (Å²) in [5.41, 5.74) is 0.616. The lowest BCUT2D eigenvalue weighted by Gasteiger charge is -2.07. The third-order valence-corrected chi connectivity index (χ3v) is 2.51. The van der Waals surface area contributed by atoms with Crippen LogP contribution in [0.2, 0.25) is 5.02 Å². The maximum Gasteiger partial charge on any atom is 0.159 e. The number of hydrogen-bond donors (Lipinski definition) is 1. The summed E-state index contributed by atoms with van der Waals surface area (Å²) in [5.74, 6) is -1.21. The van der Waals surface area contributed by atoms with E-state index in [0.29, 0.717) is 22.9 Å². The number of rotatable bonds is 3. The first-order chi connectivity index (χ1) is 8.16. The zero-order valence-electron chi connectivity index (χ0n) is 8.75.